The standard InChI is InChI=1S/C20H23N5O4S3/c1-29-16-8-7-14(32(27,28)25-9-3-2-4-10-25)12-15(16)21-18(26)13-31-20-22-19(23-24-20)17-6-5-11-30-17/h5-8,11-12H,2-4,9-10,13H2,1H3,(H,21,26)(H,22,23,24). The third-order valence-corrected chi connectivity index (χ3v) is 8.57. The first kappa shape index (κ1) is 22.8. The fourth-order valence-electron chi connectivity index (χ4n) is 3.35. The molecule has 0 spiro atoms. The number of carbonyl (C=O) groups is 1. The number of sulfonamides is 1. The minimum atomic E-state index is -3.62. The molecule has 3 aromatic rings. The van der Waals surface area contributed by atoms with Gasteiger partial charge in [-0.05, 0) is 42.5 Å². The van der Waals surface area contributed by atoms with Gasteiger partial charge in [0, 0.05) is 13.1 Å². The lowest BCUT2D eigenvalue weighted by Crippen LogP contribution is -2.35. The van der Waals surface area contributed by atoms with Crippen LogP contribution in [0.5, 0.6) is 5.75 Å². The highest BCUT2D eigenvalue weighted by Crippen LogP contribution is 2.30. The maximum absolute atomic E-state index is 13.0. The van der Waals surface area contributed by atoms with Crippen LogP contribution in [0.2, 0.25) is 0 Å². The average Bonchev–Trinajstić information content (AvgIpc) is 3.50. The lowest BCUT2D eigenvalue weighted by Gasteiger charge is -2.26. The van der Waals surface area contributed by atoms with Gasteiger partial charge >= 0.3 is 0 Å². The van der Waals surface area contributed by atoms with Gasteiger partial charge in [-0.15, -0.1) is 16.4 Å². The van der Waals surface area contributed by atoms with Gasteiger partial charge in [0.15, 0.2) is 5.82 Å². The molecule has 1 aliphatic rings. The zero-order valence-corrected chi connectivity index (χ0v) is 19.9. The lowest BCUT2D eigenvalue weighted by atomic mass is 10.2. The number of nitrogens with zero attached hydrogens (tertiary/aromatic N) is 3. The highest BCUT2D eigenvalue weighted by Gasteiger charge is 2.27. The van der Waals surface area contributed by atoms with Crippen molar-refractivity contribution in [2.45, 2.75) is 29.3 Å². The first-order chi connectivity index (χ1) is 15.5. The molecule has 3 heterocycles. The van der Waals surface area contributed by atoms with E-state index >= 15 is 0 Å². The molecule has 0 radical (unpaired) electrons. The molecule has 2 N–H and O–H groups in total. The number of ether oxygens (including phenoxy) is 1. The summed E-state index contributed by atoms with van der Waals surface area (Å²) in [4.78, 5) is 18.0. The second-order valence-electron chi connectivity index (χ2n) is 7.11. The predicted molar refractivity (Wildman–Crippen MR) is 125 cm³/mol. The molecule has 1 saturated heterocycles. The third-order valence-electron chi connectivity index (χ3n) is 4.95. The van der Waals surface area contributed by atoms with E-state index in [2.05, 4.69) is 20.5 Å². The van der Waals surface area contributed by atoms with E-state index in [4.69, 9.17) is 4.74 Å². The van der Waals surface area contributed by atoms with Gasteiger partial charge in [-0.25, -0.2) is 13.4 Å². The van der Waals surface area contributed by atoms with Crippen molar-refractivity contribution >= 4 is 44.7 Å². The third kappa shape index (κ3) is 5.14. The molecule has 1 amide bonds. The summed E-state index contributed by atoms with van der Waals surface area (Å²) < 4.78 is 32.8. The number of nitrogens with one attached hydrogen (secondary N) is 2. The molecule has 0 saturated carbocycles. The van der Waals surface area contributed by atoms with Gasteiger partial charge in [0.25, 0.3) is 0 Å². The van der Waals surface area contributed by atoms with Crippen molar-refractivity contribution < 1.29 is 17.9 Å². The molecule has 1 aromatic carbocycles. The zero-order chi connectivity index (χ0) is 22.6. The number of carbonyl (C=O) groups excluding carboxylic acids is 1. The van der Waals surface area contributed by atoms with Crippen LogP contribution in [0.3, 0.4) is 0 Å². The quantitative estimate of drug-likeness (QED) is 0.462. The molecular weight excluding hydrogens is 470 g/mol. The Hall–Kier alpha value is -2.41. The van der Waals surface area contributed by atoms with Crippen LogP contribution in [0, 0.1) is 0 Å². The first-order valence-electron chi connectivity index (χ1n) is 10.0. The monoisotopic (exact) mass is 493 g/mol. The SMILES string of the molecule is COc1ccc(S(=O)(=O)N2CCCCC2)cc1NC(=O)CSc1n[nH]c(-c2cccs2)n1. The van der Waals surface area contributed by atoms with Gasteiger partial charge in [-0.2, -0.15) is 4.31 Å². The highest BCUT2D eigenvalue weighted by molar-refractivity contribution is 7.99. The van der Waals surface area contributed by atoms with Crippen LogP contribution in [0.4, 0.5) is 5.69 Å². The van der Waals surface area contributed by atoms with Gasteiger partial charge < -0.3 is 10.1 Å². The number of anilines is 1. The summed E-state index contributed by atoms with van der Waals surface area (Å²) in [6.45, 7) is 1.02. The molecule has 0 atom stereocenters. The molecule has 2 aromatic heterocycles. The number of aromatic nitrogens is 3. The van der Waals surface area contributed by atoms with E-state index in [1.54, 1.807) is 17.4 Å². The molecular formula is C20H23N5O4S3. The Labute approximate surface area is 194 Å². The summed E-state index contributed by atoms with van der Waals surface area (Å²) in [5, 5.41) is 12.1. The molecule has 0 unspecified atom stereocenters. The Morgan fingerprint density at radius 1 is 1.28 bits per heavy atom. The smallest absolute Gasteiger partial charge is 0.243 e. The molecule has 9 nitrogen and oxygen atoms in total. The largest absolute Gasteiger partial charge is 0.495 e. The van der Waals surface area contributed by atoms with Crippen LogP contribution in [0.1, 0.15) is 19.3 Å². The van der Waals surface area contributed by atoms with E-state index < -0.39 is 10.0 Å². The van der Waals surface area contributed by atoms with Crippen molar-refractivity contribution in [1.29, 1.82) is 0 Å². The number of hydrogen-bond donors (Lipinski definition) is 2. The maximum Gasteiger partial charge on any atom is 0.243 e. The van der Waals surface area contributed by atoms with Crippen LogP contribution in [-0.4, -0.2) is 59.8 Å². The van der Waals surface area contributed by atoms with Crippen molar-refractivity contribution in [3.63, 3.8) is 0 Å². The van der Waals surface area contributed by atoms with Gasteiger partial charge in [0.1, 0.15) is 5.75 Å². The van der Waals surface area contributed by atoms with Crippen molar-refractivity contribution in [2.75, 3.05) is 31.3 Å². The van der Waals surface area contributed by atoms with E-state index in [9.17, 15) is 13.2 Å². The minimum Gasteiger partial charge on any atom is -0.495 e. The second-order valence-corrected chi connectivity index (χ2v) is 10.9. The van der Waals surface area contributed by atoms with E-state index in [-0.39, 0.29) is 16.6 Å². The summed E-state index contributed by atoms with van der Waals surface area (Å²) in [6, 6.07) is 8.38. The Morgan fingerprint density at radius 2 is 2.09 bits per heavy atom. The van der Waals surface area contributed by atoms with E-state index in [0.29, 0.717) is 35.5 Å². The van der Waals surface area contributed by atoms with Crippen LogP contribution in [0.15, 0.2) is 45.8 Å². The summed E-state index contributed by atoms with van der Waals surface area (Å²) in [5.74, 6) is 0.788. The molecule has 32 heavy (non-hydrogen) atoms. The van der Waals surface area contributed by atoms with Gasteiger partial charge in [-0.1, -0.05) is 24.2 Å². The number of hydrogen-bond acceptors (Lipinski definition) is 8. The Bertz CT molecular complexity index is 1170. The van der Waals surface area contributed by atoms with Crippen molar-refractivity contribution in [1.82, 2.24) is 19.5 Å². The fourth-order valence-corrected chi connectivity index (χ4v) is 6.16. The summed E-state index contributed by atoms with van der Waals surface area (Å²) >= 11 is 2.73. The summed E-state index contributed by atoms with van der Waals surface area (Å²) in [6.07, 6.45) is 2.74. The Kier molecular flexibility index (Phi) is 7.13. The van der Waals surface area contributed by atoms with E-state index in [1.165, 1.54) is 35.3 Å². The number of H-pyrrole nitrogens is 1. The number of thioether (sulfide) groups is 1. The summed E-state index contributed by atoms with van der Waals surface area (Å²) in [5.41, 5.74) is 0.311. The minimum absolute atomic E-state index is 0.0635. The van der Waals surface area contributed by atoms with Crippen molar-refractivity contribution in [3.8, 4) is 16.5 Å². The number of amides is 1. The zero-order valence-electron chi connectivity index (χ0n) is 17.4. The molecule has 4 rings (SSSR count). The number of thiophene rings is 1. The molecule has 12 heteroatoms. The van der Waals surface area contributed by atoms with Crippen LogP contribution in [0.25, 0.3) is 10.7 Å². The Balaban J connectivity index is 1.43. The van der Waals surface area contributed by atoms with Crippen LogP contribution in [-0.2, 0) is 14.8 Å². The topological polar surface area (TPSA) is 117 Å². The number of methoxy groups -OCH3 is 1. The normalized spacial score (nSPS) is 14.9. The predicted octanol–water partition coefficient (Wildman–Crippen LogP) is 3.45. The number of piperidine rings is 1. The maximum atomic E-state index is 13.0. The fraction of sp³-hybridized carbons (Fsp3) is 0.350. The molecule has 0 aliphatic carbocycles. The molecule has 170 valence electrons. The number of rotatable bonds is 8. The first-order valence-corrected chi connectivity index (χ1v) is 13.3. The van der Waals surface area contributed by atoms with E-state index in [0.717, 1.165) is 24.1 Å². The van der Waals surface area contributed by atoms with Gasteiger partial charge in [-0.3, -0.25) is 9.89 Å². The second kappa shape index (κ2) is 10.0. The number of benzene rings is 1. The molecule has 1 fully saturated rings. The molecule has 0 bridgehead atoms. The molecule has 1 aliphatic heterocycles. The van der Waals surface area contributed by atoms with Crippen LogP contribution >= 0.6 is 23.1 Å². The van der Waals surface area contributed by atoms with Gasteiger partial charge in [0.2, 0.25) is 21.1 Å². The lowest BCUT2D eigenvalue weighted by molar-refractivity contribution is -0.113. The Morgan fingerprint density at radius 3 is 2.81 bits per heavy atom. The average molecular weight is 494 g/mol. The van der Waals surface area contributed by atoms with Gasteiger partial charge in [0.05, 0.1) is 28.3 Å². The van der Waals surface area contributed by atoms with Crippen molar-refractivity contribution in [2.24, 2.45) is 0 Å². The highest BCUT2D eigenvalue weighted by atomic mass is 32.2. The number of aromatic amines is 1. The van der Waals surface area contributed by atoms with Crippen LogP contribution < -0.4 is 10.1 Å². The summed E-state index contributed by atoms with van der Waals surface area (Å²) in [7, 11) is -2.15. The van der Waals surface area contributed by atoms with Crippen molar-refractivity contribution in [3.05, 3.63) is 35.7 Å². The van der Waals surface area contributed by atoms with E-state index in [1.807, 2.05) is 17.5 Å².